The van der Waals surface area contributed by atoms with Crippen molar-refractivity contribution >= 4 is 7.12 Å². The van der Waals surface area contributed by atoms with Gasteiger partial charge in [0, 0.05) is 6.04 Å². The highest BCUT2D eigenvalue weighted by atomic mass is 19.3. The zero-order valence-corrected chi connectivity index (χ0v) is 13.3. The summed E-state index contributed by atoms with van der Waals surface area (Å²) in [5.74, 6) is -2.48. The maximum absolute atomic E-state index is 12.9. The molecule has 0 aromatic heterocycles. The van der Waals surface area contributed by atoms with E-state index in [4.69, 9.17) is 9.31 Å². The van der Waals surface area contributed by atoms with Crippen LogP contribution >= 0.6 is 0 Å². The van der Waals surface area contributed by atoms with Crippen LogP contribution in [0.15, 0.2) is 11.5 Å². The molecule has 3 rings (SSSR count). The van der Waals surface area contributed by atoms with Crippen molar-refractivity contribution in [3.63, 3.8) is 0 Å². The van der Waals surface area contributed by atoms with Crippen LogP contribution in [0.5, 0.6) is 0 Å². The summed E-state index contributed by atoms with van der Waals surface area (Å²) in [6.45, 7) is 8.00. The van der Waals surface area contributed by atoms with Gasteiger partial charge in [-0.3, -0.25) is 4.90 Å². The quantitative estimate of drug-likeness (QED) is 0.732. The second kappa shape index (κ2) is 4.77. The molecule has 0 N–H and O–H groups in total. The van der Waals surface area contributed by atoms with Crippen LogP contribution in [0.1, 0.15) is 47.0 Å². The molecule has 2 saturated heterocycles. The van der Waals surface area contributed by atoms with Gasteiger partial charge in [-0.25, -0.2) is 8.78 Å². The van der Waals surface area contributed by atoms with E-state index >= 15 is 0 Å². The van der Waals surface area contributed by atoms with Crippen LogP contribution < -0.4 is 0 Å². The molecular formula is C15H24BF2NO2. The van der Waals surface area contributed by atoms with E-state index in [1.165, 1.54) is 0 Å². The van der Waals surface area contributed by atoms with Crippen molar-refractivity contribution in [3.8, 4) is 0 Å². The minimum atomic E-state index is -2.48. The molecule has 0 bridgehead atoms. The Morgan fingerprint density at radius 2 is 1.71 bits per heavy atom. The Balaban J connectivity index is 1.59. The first-order valence-electron chi connectivity index (χ1n) is 7.76. The molecule has 0 spiro atoms. The van der Waals surface area contributed by atoms with Crippen LogP contribution in [-0.2, 0) is 9.31 Å². The van der Waals surface area contributed by atoms with Gasteiger partial charge in [0.15, 0.2) is 0 Å². The predicted octanol–water partition coefficient (Wildman–Crippen LogP) is 3.05. The van der Waals surface area contributed by atoms with E-state index in [-0.39, 0.29) is 37.5 Å². The first-order valence-corrected chi connectivity index (χ1v) is 7.76. The van der Waals surface area contributed by atoms with Crippen molar-refractivity contribution in [2.75, 3.05) is 13.1 Å². The number of nitrogens with zero attached hydrogens (tertiary/aromatic N) is 1. The number of hydrogen-bond acceptors (Lipinski definition) is 3. The number of likely N-dealkylation sites (tertiary alicyclic amines) is 1. The van der Waals surface area contributed by atoms with Crippen molar-refractivity contribution in [2.24, 2.45) is 0 Å². The molecule has 0 radical (unpaired) electrons. The normalized spacial score (nSPS) is 34.5. The molecule has 21 heavy (non-hydrogen) atoms. The van der Waals surface area contributed by atoms with Gasteiger partial charge in [-0.15, -0.1) is 0 Å². The topological polar surface area (TPSA) is 21.7 Å². The SMILES string of the molecule is CC1(C)OB(C2=CCC(N3CC(F)(F)C3)CC2)OC1(C)C. The van der Waals surface area contributed by atoms with Gasteiger partial charge < -0.3 is 9.31 Å². The summed E-state index contributed by atoms with van der Waals surface area (Å²) in [7, 11) is -0.284. The summed E-state index contributed by atoms with van der Waals surface area (Å²) in [5.41, 5.74) is 0.515. The first kappa shape index (κ1) is 15.4. The van der Waals surface area contributed by atoms with E-state index < -0.39 is 5.92 Å². The molecule has 118 valence electrons. The lowest BCUT2D eigenvalue weighted by Crippen LogP contribution is -2.60. The fraction of sp³-hybridized carbons (Fsp3) is 0.867. The van der Waals surface area contributed by atoms with Crippen molar-refractivity contribution in [3.05, 3.63) is 11.5 Å². The van der Waals surface area contributed by atoms with Crippen molar-refractivity contribution < 1.29 is 18.1 Å². The largest absolute Gasteiger partial charge is 0.490 e. The van der Waals surface area contributed by atoms with E-state index in [0.29, 0.717) is 0 Å². The number of halogens is 2. The van der Waals surface area contributed by atoms with E-state index in [1.54, 1.807) is 0 Å². The van der Waals surface area contributed by atoms with Gasteiger partial charge in [0.25, 0.3) is 5.92 Å². The fourth-order valence-electron chi connectivity index (χ4n) is 3.19. The van der Waals surface area contributed by atoms with Crippen molar-refractivity contribution in [1.82, 2.24) is 4.90 Å². The molecule has 3 aliphatic rings. The number of rotatable bonds is 2. The van der Waals surface area contributed by atoms with Crippen LogP contribution in [0.4, 0.5) is 8.78 Å². The lowest BCUT2D eigenvalue weighted by Gasteiger charge is -2.44. The van der Waals surface area contributed by atoms with E-state index in [2.05, 4.69) is 6.08 Å². The Bertz CT molecular complexity index is 441. The highest BCUT2D eigenvalue weighted by Gasteiger charge is 2.53. The summed E-state index contributed by atoms with van der Waals surface area (Å²) >= 11 is 0. The van der Waals surface area contributed by atoms with Crippen LogP contribution in [-0.4, -0.2) is 48.3 Å². The molecule has 3 nitrogen and oxygen atoms in total. The monoisotopic (exact) mass is 299 g/mol. The first-order chi connectivity index (χ1) is 9.60. The van der Waals surface area contributed by atoms with Gasteiger partial charge >= 0.3 is 7.12 Å². The highest BCUT2D eigenvalue weighted by Crippen LogP contribution is 2.41. The van der Waals surface area contributed by atoms with E-state index in [9.17, 15) is 8.78 Å². The van der Waals surface area contributed by atoms with Crippen molar-refractivity contribution in [2.45, 2.75) is 70.1 Å². The molecule has 2 fully saturated rings. The van der Waals surface area contributed by atoms with Crippen LogP contribution in [0, 0.1) is 0 Å². The molecule has 2 heterocycles. The Morgan fingerprint density at radius 3 is 2.14 bits per heavy atom. The summed E-state index contributed by atoms with van der Waals surface area (Å²) in [6, 6.07) is 0.246. The zero-order chi connectivity index (χ0) is 15.5. The van der Waals surface area contributed by atoms with Crippen LogP contribution in [0.2, 0.25) is 0 Å². The Labute approximate surface area is 125 Å². The molecule has 6 heteroatoms. The lowest BCUT2D eigenvalue weighted by atomic mass is 9.71. The van der Waals surface area contributed by atoms with Crippen LogP contribution in [0.25, 0.3) is 0 Å². The van der Waals surface area contributed by atoms with Gasteiger partial charge in [0.2, 0.25) is 0 Å². The molecular weight excluding hydrogens is 275 g/mol. The van der Waals surface area contributed by atoms with Crippen molar-refractivity contribution in [1.29, 1.82) is 0 Å². The van der Waals surface area contributed by atoms with Gasteiger partial charge in [-0.1, -0.05) is 6.08 Å². The third kappa shape index (κ3) is 2.78. The van der Waals surface area contributed by atoms with E-state index in [0.717, 1.165) is 24.7 Å². The summed E-state index contributed by atoms with van der Waals surface area (Å²) in [5, 5.41) is 0. The second-order valence-electron chi connectivity index (χ2n) is 7.56. The second-order valence-corrected chi connectivity index (χ2v) is 7.56. The Hall–Kier alpha value is -0.455. The molecule has 0 aromatic rings. The average Bonchev–Trinajstić information content (AvgIpc) is 2.56. The zero-order valence-electron chi connectivity index (χ0n) is 13.3. The van der Waals surface area contributed by atoms with Gasteiger partial charge in [-0.2, -0.15) is 0 Å². The Morgan fingerprint density at radius 1 is 1.14 bits per heavy atom. The molecule has 0 saturated carbocycles. The van der Waals surface area contributed by atoms with E-state index in [1.807, 2.05) is 32.6 Å². The van der Waals surface area contributed by atoms with Gasteiger partial charge in [0.1, 0.15) is 0 Å². The number of allylic oxidation sites excluding steroid dienone is 1. The smallest absolute Gasteiger partial charge is 0.400 e. The summed E-state index contributed by atoms with van der Waals surface area (Å²) in [6.07, 6.45) is 4.72. The molecule has 0 amide bonds. The standard InChI is InChI=1S/C15H24BF2NO2/c1-13(2)14(3,4)21-16(20-13)11-5-7-12(8-6-11)19-9-15(17,18)10-19/h5,12H,6-10H2,1-4H3. The summed E-state index contributed by atoms with van der Waals surface area (Å²) in [4.78, 5) is 1.89. The third-order valence-corrected chi connectivity index (χ3v) is 5.36. The fourth-order valence-corrected chi connectivity index (χ4v) is 3.19. The molecule has 1 atom stereocenters. The molecule has 2 aliphatic heterocycles. The number of alkyl halides is 2. The Kier molecular flexibility index (Phi) is 3.51. The maximum atomic E-state index is 12.9. The van der Waals surface area contributed by atoms with Crippen LogP contribution in [0.3, 0.4) is 0 Å². The molecule has 1 aliphatic carbocycles. The predicted molar refractivity (Wildman–Crippen MR) is 78.3 cm³/mol. The van der Waals surface area contributed by atoms with Gasteiger partial charge in [0.05, 0.1) is 24.3 Å². The maximum Gasteiger partial charge on any atom is 0.490 e. The summed E-state index contributed by atoms with van der Waals surface area (Å²) < 4.78 is 38.0. The number of hydrogen-bond donors (Lipinski definition) is 0. The van der Waals surface area contributed by atoms with Gasteiger partial charge in [-0.05, 0) is 52.4 Å². The molecule has 1 unspecified atom stereocenters. The molecule has 0 aromatic carbocycles. The third-order valence-electron chi connectivity index (χ3n) is 5.36. The average molecular weight is 299 g/mol. The lowest BCUT2D eigenvalue weighted by molar-refractivity contribution is -0.146. The minimum absolute atomic E-state index is 0.0860. The highest BCUT2D eigenvalue weighted by molar-refractivity contribution is 6.54. The minimum Gasteiger partial charge on any atom is -0.400 e.